The Bertz CT molecular complexity index is 863. The van der Waals surface area contributed by atoms with E-state index in [2.05, 4.69) is 36.2 Å². The van der Waals surface area contributed by atoms with Gasteiger partial charge in [0.25, 0.3) is 0 Å². The lowest BCUT2D eigenvalue weighted by molar-refractivity contribution is 0.241. The molecule has 1 unspecified atom stereocenters. The molecule has 0 amide bonds. The normalized spacial score (nSPS) is 18.0. The van der Waals surface area contributed by atoms with E-state index in [4.69, 9.17) is 4.74 Å². The van der Waals surface area contributed by atoms with Crippen molar-refractivity contribution in [2.75, 3.05) is 5.75 Å². The van der Waals surface area contributed by atoms with Gasteiger partial charge in [-0.3, -0.25) is 4.99 Å². The summed E-state index contributed by atoms with van der Waals surface area (Å²) in [5, 5.41) is 9.43. The average Bonchev–Trinajstić information content (AvgIpc) is 3.21. The summed E-state index contributed by atoms with van der Waals surface area (Å²) in [5.74, 6) is 1.82. The highest BCUT2D eigenvalue weighted by atomic mass is 32.2. The number of nitrogens with zero attached hydrogens (tertiary/aromatic N) is 2. The van der Waals surface area contributed by atoms with E-state index in [-0.39, 0.29) is 6.10 Å². The maximum atomic E-state index is 9.43. The lowest BCUT2D eigenvalue weighted by Gasteiger charge is -2.17. The van der Waals surface area contributed by atoms with Crippen LogP contribution in [0.2, 0.25) is 0 Å². The zero-order valence-corrected chi connectivity index (χ0v) is 17.8. The molecule has 1 atom stereocenters. The van der Waals surface area contributed by atoms with E-state index in [1.807, 2.05) is 50.0 Å². The van der Waals surface area contributed by atoms with Crippen molar-refractivity contribution in [1.82, 2.24) is 0 Å². The number of nitriles is 1. The molecule has 0 N–H and O–H groups in total. The molecule has 0 aromatic heterocycles. The van der Waals surface area contributed by atoms with Gasteiger partial charge >= 0.3 is 0 Å². The first-order valence-corrected chi connectivity index (χ1v) is 11.0. The molecule has 4 heteroatoms. The Balaban J connectivity index is 1.69. The topological polar surface area (TPSA) is 45.4 Å². The van der Waals surface area contributed by atoms with Crippen LogP contribution >= 0.6 is 11.8 Å². The lowest BCUT2D eigenvalue weighted by atomic mass is 10.1. The van der Waals surface area contributed by atoms with Crippen molar-refractivity contribution in [2.24, 2.45) is 10.9 Å². The first kappa shape index (κ1) is 20.5. The van der Waals surface area contributed by atoms with Gasteiger partial charge in [0.2, 0.25) is 0 Å². The Morgan fingerprint density at radius 1 is 1.21 bits per heavy atom. The van der Waals surface area contributed by atoms with Crippen molar-refractivity contribution in [3.8, 4) is 11.8 Å². The molecule has 1 heterocycles. The molecule has 1 fully saturated rings. The third-order valence-electron chi connectivity index (χ3n) is 4.95. The highest BCUT2D eigenvalue weighted by Crippen LogP contribution is 2.31. The van der Waals surface area contributed by atoms with Crippen molar-refractivity contribution in [3.63, 3.8) is 0 Å². The minimum absolute atomic E-state index is 0.0462. The van der Waals surface area contributed by atoms with Gasteiger partial charge in [-0.25, -0.2) is 0 Å². The van der Waals surface area contributed by atoms with Gasteiger partial charge in [0, 0.05) is 22.8 Å². The Kier molecular flexibility index (Phi) is 7.17. The quantitative estimate of drug-likeness (QED) is 0.561. The fraction of sp³-hybridized carbons (Fsp3) is 0.417. The molecule has 3 rings (SSSR count). The summed E-state index contributed by atoms with van der Waals surface area (Å²) in [5.41, 5.74) is 4.13. The Labute approximate surface area is 172 Å². The van der Waals surface area contributed by atoms with E-state index < -0.39 is 0 Å². The maximum Gasteiger partial charge on any atom is 0.137 e. The highest BCUT2D eigenvalue weighted by molar-refractivity contribution is 8.03. The van der Waals surface area contributed by atoms with Gasteiger partial charge in [0.15, 0.2) is 0 Å². The van der Waals surface area contributed by atoms with Gasteiger partial charge in [0.1, 0.15) is 11.8 Å². The molecule has 1 aliphatic carbocycles. The van der Waals surface area contributed by atoms with E-state index in [0.29, 0.717) is 17.2 Å². The predicted molar refractivity (Wildman–Crippen MR) is 119 cm³/mol. The van der Waals surface area contributed by atoms with Crippen LogP contribution in [0.3, 0.4) is 0 Å². The number of allylic oxidation sites excluding steroid dienone is 5. The predicted octanol–water partition coefficient (Wildman–Crippen LogP) is 6.42. The van der Waals surface area contributed by atoms with Crippen LogP contribution in [0.4, 0.5) is 0 Å². The van der Waals surface area contributed by atoms with E-state index in [1.165, 1.54) is 30.6 Å². The number of ether oxygens (including phenoxy) is 1. The minimum atomic E-state index is 0.0462. The smallest absolute Gasteiger partial charge is 0.137 e. The number of thioether (sulfide) groups is 1. The van der Waals surface area contributed by atoms with Crippen LogP contribution in [-0.4, -0.2) is 17.6 Å². The largest absolute Gasteiger partial charge is 0.490 e. The van der Waals surface area contributed by atoms with Crippen LogP contribution in [0.1, 0.15) is 57.6 Å². The second kappa shape index (κ2) is 9.80. The fourth-order valence-corrected chi connectivity index (χ4v) is 4.39. The van der Waals surface area contributed by atoms with Crippen LogP contribution < -0.4 is 4.74 Å². The summed E-state index contributed by atoms with van der Waals surface area (Å²) in [6.07, 6.45) is 14.0. The molecule has 1 saturated carbocycles. The third kappa shape index (κ3) is 5.39. The summed E-state index contributed by atoms with van der Waals surface area (Å²) < 4.78 is 5.71. The molecule has 28 heavy (non-hydrogen) atoms. The second-order valence-electron chi connectivity index (χ2n) is 7.59. The van der Waals surface area contributed by atoms with Crippen LogP contribution in [0.15, 0.2) is 58.1 Å². The van der Waals surface area contributed by atoms with Crippen LogP contribution in [0.25, 0.3) is 0 Å². The molecule has 0 radical (unpaired) electrons. The molecule has 1 aliphatic heterocycles. The van der Waals surface area contributed by atoms with Gasteiger partial charge < -0.3 is 4.74 Å². The third-order valence-corrected chi connectivity index (χ3v) is 6.17. The zero-order valence-electron chi connectivity index (χ0n) is 16.9. The van der Waals surface area contributed by atoms with Crippen LogP contribution in [0, 0.1) is 17.2 Å². The molecule has 1 aromatic carbocycles. The van der Waals surface area contributed by atoms with Gasteiger partial charge in [0.05, 0.1) is 17.4 Å². The van der Waals surface area contributed by atoms with Gasteiger partial charge in [-0.2, -0.15) is 5.26 Å². The van der Waals surface area contributed by atoms with E-state index >= 15 is 0 Å². The van der Waals surface area contributed by atoms with E-state index in [9.17, 15) is 5.26 Å². The summed E-state index contributed by atoms with van der Waals surface area (Å²) in [7, 11) is 0. The summed E-state index contributed by atoms with van der Waals surface area (Å²) in [6, 6.07) is 7.99. The number of hydrogen-bond acceptors (Lipinski definition) is 4. The number of aliphatic imine (C=N–C) groups is 1. The molecular weight excluding hydrogens is 364 g/mol. The van der Waals surface area contributed by atoms with Crippen molar-refractivity contribution in [1.29, 1.82) is 5.26 Å². The number of hydrogen-bond donors (Lipinski definition) is 0. The maximum absolute atomic E-state index is 9.43. The Hall–Kier alpha value is -2.25. The first-order chi connectivity index (χ1) is 13.6. The molecular formula is C24H28N2OS. The summed E-state index contributed by atoms with van der Waals surface area (Å²) in [6.45, 7) is 6.14. The first-order valence-electron chi connectivity index (χ1n) is 10.0. The standard InChI is InChI=1S/C24H28N2OS/c1-17(2)27-23-12-11-20(13-21(23)14-25)22-16-28-24(15-26-22)18(3)7-6-10-19-8-4-5-9-19/h6-7,10-13,15,17-18H,4-5,8-9,16H2,1-3H3/b7-6-. The molecule has 1 aromatic rings. The van der Waals surface area contributed by atoms with Crippen molar-refractivity contribution in [3.05, 3.63) is 64.2 Å². The summed E-state index contributed by atoms with van der Waals surface area (Å²) >= 11 is 1.83. The van der Waals surface area contributed by atoms with E-state index in [1.54, 1.807) is 5.57 Å². The van der Waals surface area contributed by atoms with Crippen molar-refractivity contribution in [2.45, 2.75) is 52.6 Å². The number of rotatable bonds is 6. The zero-order chi connectivity index (χ0) is 19.9. The summed E-state index contributed by atoms with van der Waals surface area (Å²) in [4.78, 5) is 5.97. The average molecular weight is 393 g/mol. The van der Waals surface area contributed by atoms with E-state index in [0.717, 1.165) is 17.0 Å². The van der Waals surface area contributed by atoms with Crippen LogP contribution in [0.5, 0.6) is 5.75 Å². The molecule has 146 valence electrons. The Morgan fingerprint density at radius 3 is 2.64 bits per heavy atom. The number of benzene rings is 1. The minimum Gasteiger partial charge on any atom is -0.490 e. The SMILES string of the molecule is CC(C)Oc1ccc(C2=NC=C(C(C)/C=C\C=C3CCCC3)SC2)cc1C#N. The monoisotopic (exact) mass is 392 g/mol. The van der Waals surface area contributed by atoms with Gasteiger partial charge in [-0.05, 0) is 63.3 Å². The van der Waals surface area contributed by atoms with Gasteiger partial charge in [-0.15, -0.1) is 11.8 Å². The van der Waals surface area contributed by atoms with Crippen molar-refractivity contribution >= 4 is 17.5 Å². The molecule has 0 bridgehead atoms. The second-order valence-corrected chi connectivity index (χ2v) is 8.64. The molecule has 2 aliphatic rings. The molecule has 0 saturated heterocycles. The highest BCUT2D eigenvalue weighted by Gasteiger charge is 2.16. The molecule has 3 nitrogen and oxygen atoms in total. The van der Waals surface area contributed by atoms with Crippen LogP contribution in [-0.2, 0) is 0 Å². The lowest BCUT2D eigenvalue weighted by Crippen LogP contribution is -2.11. The molecule has 0 spiro atoms. The van der Waals surface area contributed by atoms with Crippen molar-refractivity contribution < 1.29 is 4.74 Å². The van der Waals surface area contributed by atoms with Gasteiger partial charge in [-0.1, -0.05) is 30.7 Å². The fourth-order valence-electron chi connectivity index (χ4n) is 3.38. The Morgan fingerprint density at radius 2 is 2.00 bits per heavy atom.